The largest absolute Gasteiger partial charge is 0.394 e. The van der Waals surface area contributed by atoms with Gasteiger partial charge in [0, 0.05) is 6.42 Å². The molecular formula is C64H117NO8. The first-order valence-electron chi connectivity index (χ1n) is 31.0. The van der Waals surface area contributed by atoms with Crippen LogP contribution in [0.15, 0.2) is 60.8 Å². The van der Waals surface area contributed by atoms with Crippen molar-refractivity contribution >= 4 is 5.91 Å². The van der Waals surface area contributed by atoms with Crippen molar-refractivity contribution in [3.8, 4) is 0 Å². The quantitative estimate of drug-likeness (QED) is 0.0261. The molecular weight excluding hydrogens is 911 g/mol. The van der Waals surface area contributed by atoms with Crippen LogP contribution in [0.1, 0.15) is 284 Å². The van der Waals surface area contributed by atoms with Gasteiger partial charge in [0.15, 0.2) is 6.29 Å². The lowest BCUT2D eigenvalue weighted by molar-refractivity contribution is -0.302. The number of carbonyl (C=O) groups excluding carboxylic acids is 1. The Labute approximate surface area is 449 Å². The summed E-state index contributed by atoms with van der Waals surface area (Å²) in [4.78, 5) is 13.0. The third-order valence-corrected chi connectivity index (χ3v) is 14.5. The Morgan fingerprint density at radius 3 is 1.27 bits per heavy atom. The van der Waals surface area contributed by atoms with Crippen LogP contribution in [0.25, 0.3) is 0 Å². The Balaban J connectivity index is 2.03. The van der Waals surface area contributed by atoms with Crippen LogP contribution in [-0.4, -0.2) is 87.5 Å². The highest BCUT2D eigenvalue weighted by molar-refractivity contribution is 5.76. The van der Waals surface area contributed by atoms with Crippen molar-refractivity contribution in [1.29, 1.82) is 0 Å². The zero-order valence-corrected chi connectivity index (χ0v) is 47.4. The smallest absolute Gasteiger partial charge is 0.220 e. The van der Waals surface area contributed by atoms with E-state index in [0.29, 0.717) is 6.42 Å². The first-order valence-corrected chi connectivity index (χ1v) is 31.0. The van der Waals surface area contributed by atoms with Crippen molar-refractivity contribution in [3.05, 3.63) is 60.8 Å². The van der Waals surface area contributed by atoms with E-state index < -0.39 is 49.5 Å². The molecule has 6 N–H and O–H groups in total. The third-order valence-electron chi connectivity index (χ3n) is 14.5. The number of allylic oxidation sites excluding steroid dienone is 9. The number of aliphatic hydroxyl groups is 5. The molecule has 73 heavy (non-hydrogen) atoms. The van der Waals surface area contributed by atoms with E-state index >= 15 is 0 Å². The summed E-state index contributed by atoms with van der Waals surface area (Å²) in [5.74, 6) is -0.192. The van der Waals surface area contributed by atoms with E-state index in [-0.39, 0.29) is 12.5 Å². The molecule has 0 saturated carbocycles. The summed E-state index contributed by atoms with van der Waals surface area (Å²) in [5.41, 5.74) is 0. The molecule has 1 fully saturated rings. The molecule has 1 aliphatic heterocycles. The first-order chi connectivity index (χ1) is 35.8. The van der Waals surface area contributed by atoms with Gasteiger partial charge < -0.3 is 40.3 Å². The van der Waals surface area contributed by atoms with Gasteiger partial charge in [0.1, 0.15) is 24.4 Å². The minimum absolute atomic E-state index is 0.192. The van der Waals surface area contributed by atoms with E-state index in [1.54, 1.807) is 6.08 Å². The highest BCUT2D eigenvalue weighted by atomic mass is 16.7. The van der Waals surface area contributed by atoms with E-state index in [1.807, 2.05) is 6.08 Å². The Kier molecular flexibility index (Phi) is 50.3. The lowest BCUT2D eigenvalue weighted by Crippen LogP contribution is -2.60. The molecule has 7 unspecified atom stereocenters. The van der Waals surface area contributed by atoms with Crippen LogP contribution < -0.4 is 5.32 Å². The standard InChI is InChI=1S/C64H117NO8/c1-3-5-7-9-11-13-15-16-17-18-19-20-21-22-23-24-25-26-27-28-29-30-31-32-33-34-35-36-37-38-39-40-41-42-44-46-48-50-52-54-60(68)65-57(56-72-64-63(71)62(70)61(69)59(55-66)73-64)58(67)53-51-49-47-45-43-14-12-10-8-6-4-2/h8,10,25-26,28-29,43,45,51,53,57-59,61-64,66-67,69-71H,3-7,9,11-24,27,30-42,44,46-50,52,54-56H2,1-2H3,(H,65,68)/b10-8+,26-25-,29-28-,45-43+,53-51+. The second-order valence-electron chi connectivity index (χ2n) is 21.5. The summed E-state index contributed by atoms with van der Waals surface area (Å²) >= 11 is 0. The molecule has 1 amide bonds. The second-order valence-corrected chi connectivity index (χ2v) is 21.5. The molecule has 7 atom stereocenters. The number of nitrogens with one attached hydrogen (secondary N) is 1. The number of hydrogen-bond donors (Lipinski definition) is 6. The highest BCUT2D eigenvalue weighted by Gasteiger charge is 2.44. The van der Waals surface area contributed by atoms with Gasteiger partial charge >= 0.3 is 0 Å². The van der Waals surface area contributed by atoms with Gasteiger partial charge in [0.05, 0.1) is 25.4 Å². The average molecular weight is 1030 g/mol. The highest BCUT2D eigenvalue weighted by Crippen LogP contribution is 2.23. The van der Waals surface area contributed by atoms with Gasteiger partial charge in [-0.15, -0.1) is 0 Å². The van der Waals surface area contributed by atoms with Crippen LogP contribution in [0.5, 0.6) is 0 Å². The molecule has 0 aromatic heterocycles. The summed E-state index contributed by atoms with van der Waals surface area (Å²) in [6, 6.07) is -0.828. The molecule has 0 bridgehead atoms. The van der Waals surface area contributed by atoms with E-state index in [1.165, 1.54) is 199 Å². The maximum Gasteiger partial charge on any atom is 0.220 e. The van der Waals surface area contributed by atoms with Gasteiger partial charge in [-0.1, -0.05) is 267 Å². The fraction of sp³-hybridized carbons (Fsp3) is 0.828. The summed E-state index contributed by atoms with van der Waals surface area (Å²) < 4.78 is 11.2. The second kappa shape index (κ2) is 53.3. The molecule has 426 valence electrons. The topological polar surface area (TPSA) is 149 Å². The zero-order valence-electron chi connectivity index (χ0n) is 47.4. The summed E-state index contributed by atoms with van der Waals surface area (Å²) in [7, 11) is 0. The van der Waals surface area contributed by atoms with Crippen LogP contribution in [0.3, 0.4) is 0 Å². The minimum Gasteiger partial charge on any atom is -0.394 e. The number of aliphatic hydroxyl groups excluding tert-OH is 5. The predicted octanol–water partition coefficient (Wildman–Crippen LogP) is 15.9. The van der Waals surface area contributed by atoms with Crippen LogP contribution in [0, 0.1) is 0 Å². The molecule has 9 nitrogen and oxygen atoms in total. The van der Waals surface area contributed by atoms with Crippen molar-refractivity contribution in [2.24, 2.45) is 0 Å². The van der Waals surface area contributed by atoms with Crippen LogP contribution in [0.4, 0.5) is 0 Å². The fourth-order valence-electron chi connectivity index (χ4n) is 9.64. The summed E-state index contributed by atoms with van der Waals surface area (Å²) in [6.45, 7) is 3.69. The maximum absolute atomic E-state index is 13.0. The number of ether oxygens (including phenoxy) is 2. The summed E-state index contributed by atoms with van der Waals surface area (Å²) in [6.07, 6.45) is 66.3. The normalized spacial score (nSPS) is 19.5. The van der Waals surface area contributed by atoms with Crippen molar-refractivity contribution in [2.45, 2.75) is 326 Å². The fourth-order valence-corrected chi connectivity index (χ4v) is 9.64. The number of unbranched alkanes of at least 4 members (excludes halogenated alkanes) is 35. The Morgan fingerprint density at radius 2 is 0.849 bits per heavy atom. The molecule has 0 radical (unpaired) electrons. The van der Waals surface area contributed by atoms with Crippen molar-refractivity contribution in [2.75, 3.05) is 13.2 Å². The number of carbonyl (C=O) groups is 1. The van der Waals surface area contributed by atoms with Gasteiger partial charge in [-0.25, -0.2) is 0 Å². The van der Waals surface area contributed by atoms with E-state index in [0.717, 1.165) is 64.2 Å². The number of amides is 1. The minimum atomic E-state index is -1.57. The van der Waals surface area contributed by atoms with Crippen molar-refractivity contribution in [1.82, 2.24) is 5.32 Å². The third kappa shape index (κ3) is 42.7. The zero-order chi connectivity index (χ0) is 52.9. The Hall–Kier alpha value is -2.11. The lowest BCUT2D eigenvalue weighted by Gasteiger charge is -2.40. The molecule has 0 aromatic carbocycles. The monoisotopic (exact) mass is 1030 g/mol. The molecule has 0 aliphatic carbocycles. The number of hydrogen-bond acceptors (Lipinski definition) is 8. The molecule has 0 spiro atoms. The Bertz CT molecular complexity index is 1330. The molecule has 1 heterocycles. The molecule has 1 saturated heterocycles. The predicted molar refractivity (Wildman–Crippen MR) is 309 cm³/mol. The van der Waals surface area contributed by atoms with Gasteiger partial charge in [0.2, 0.25) is 5.91 Å². The van der Waals surface area contributed by atoms with Crippen LogP contribution in [-0.2, 0) is 14.3 Å². The van der Waals surface area contributed by atoms with Gasteiger partial charge in [0.25, 0.3) is 0 Å². The maximum atomic E-state index is 13.0. The number of rotatable bonds is 53. The van der Waals surface area contributed by atoms with Gasteiger partial charge in [-0.05, 0) is 70.6 Å². The Morgan fingerprint density at radius 1 is 0.466 bits per heavy atom. The SMILES string of the molecule is CCC/C=C/CC/C=C/CC/C=C/C(O)C(COC1OC(CO)C(O)C(O)C1O)NC(=O)CCCCCCCCCCCCCCCCCCC/C=C\C/C=C\CCCCCCCCCCCCCCCCC. The van der Waals surface area contributed by atoms with Crippen molar-refractivity contribution < 1.29 is 39.8 Å². The van der Waals surface area contributed by atoms with E-state index in [9.17, 15) is 30.3 Å². The van der Waals surface area contributed by atoms with Gasteiger partial charge in [-0.2, -0.15) is 0 Å². The average Bonchev–Trinajstić information content (AvgIpc) is 3.39. The lowest BCUT2D eigenvalue weighted by atomic mass is 9.99. The van der Waals surface area contributed by atoms with Gasteiger partial charge in [-0.3, -0.25) is 4.79 Å². The molecule has 9 heteroatoms. The summed E-state index contributed by atoms with van der Waals surface area (Å²) in [5, 5.41) is 54.3. The molecule has 1 aliphatic rings. The van der Waals surface area contributed by atoms with Crippen molar-refractivity contribution in [3.63, 3.8) is 0 Å². The molecule has 0 aromatic rings. The molecule has 1 rings (SSSR count). The first kappa shape index (κ1) is 68.9. The van der Waals surface area contributed by atoms with E-state index in [4.69, 9.17) is 9.47 Å². The van der Waals surface area contributed by atoms with E-state index in [2.05, 4.69) is 67.8 Å². The van der Waals surface area contributed by atoms with Crippen LogP contribution >= 0.6 is 0 Å². The van der Waals surface area contributed by atoms with Crippen LogP contribution in [0.2, 0.25) is 0 Å².